The molecule has 2 aromatic rings. The fraction of sp³-hybridized carbons (Fsp3) is 0.583. The van der Waals surface area contributed by atoms with Crippen LogP contribution in [0.1, 0.15) is 44.5 Å². The molecule has 0 N–H and O–H groups in total. The first-order chi connectivity index (χ1) is 9.27. The van der Waals surface area contributed by atoms with Crippen molar-refractivity contribution in [1.82, 2.24) is 30.0 Å². The molecule has 102 valence electrons. The summed E-state index contributed by atoms with van der Waals surface area (Å²) in [5.74, 6) is 0. The van der Waals surface area contributed by atoms with Crippen molar-refractivity contribution >= 4 is 6.03 Å². The highest BCUT2D eigenvalue weighted by molar-refractivity contribution is 5.77. The van der Waals surface area contributed by atoms with Crippen LogP contribution in [0.15, 0.2) is 12.4 Å². The van der Waals surface area contributed by atoms with E-state index in [4.69, 9.17) is 0 Å². The van der Waals surface area contributed by atoms with Gasteiger partial charge in [0, 0.05) is 0 Å². The number of nitrogens with zero attached hydrogens (tertiary/aromatic N) is 6. The molecule has 0 saturated heterocycles. The summed E-state index contributed by atoms with van der Waals surface area (Å²) in [5.41, 5.74) is 1.80. The molecule has 0 aliphatic carbocycles. The fourth-order valence-corrected chi connectivity index (χ4v) is 1.92. The largest absolute Gasteiger partial charge is 0.372 e. The monoisotopic (exact) mass is 262 g/mol. The molecular weight excluding hydrogens is 244 g/mol. The van der Waals surface area contributed by atoms with Gasteiger partial charge in [-0.25, -0.2) is 4.79 Å². The zero-order valence-corrected chi connectivity index (χ0v) is 11.3. The number of aromatic nitrogens is 6. The van der Waals surface area contributed by atoms with E-state index in [9.17, 15) is 4.79 Å². The van der Waals surface area contributed by atoms with Crippen LogP contribution in [0.5, 0.6) is 0 Å². The highest BCUT2D eigenvalue weighted by atomic mass is 16.2. The molecule has 2 rings (SSSR count). The van der Waals surface area contributed by atoms with Crippen molar-refractivity contribution in [3.05, 3.63) is 23.8 Å². The Labute approximate surface area is 111 Å². The summed E-state index contributed by atoms with van der Waals surface area (Å²) in [5, 5.41) is 15.4. The van der Waals surface area contributed by atoms with Gasteiger partial charge in [0.15, 0.2) is 0 Å². The third kappa shape index (κ3) is 2.86. The minimum atomic E-state index is -0.335. The molecule has 2 heterocycles. The molecule has 0 aromatic carbocycles. The fourth-order valence-electron chi connectivity index (χ4n) is 1.92. The topological polar surface area (TPSA) is 78.5 Å². The van der Waals surface area contributed by atoms with Crippen molar-refractivity contribution in [2.24, 2.45) is 0 Å². The maximum atomic E-state index is 12.2. The highest BCUT2D eigenvalue weighted by Crippen LogP contribution is 2.12. The summed E-state index contributed by atoms with van der Waals surface area (Å²) in [6.45, 7) is 4.20. The van der Waals surface area contributed by atoms with E-state index in [-0.39, 0.29) is 6.03 Å². The molecule has 2 aromatic heterocycles. The van der Waals surface area contributed by atoms with Gasteiger partial charge in [0.25, 0.3) is 0 Å². The smallest absolute Gasteiger partial charge is 0.243 e. The Morgan fingerprint density at radius 3 is 2.68 bits per heavy atom. The number of hydrogen-bond donors (Lipinski definition) is 0. The van der Waals surface area contributed by atoms with Gasteiger partial charge in [0.05, 0.1) is 23.8 Å². The van der Waals surface area contributed by atoms with Crippen molar-refractivity contribution in [1.29, 1.82) is 0 Å². The van der Waals surface area contributed by atoms with Crippen LogP contribution in [-0.2, 0) is 12.8 Å². The number of unbranched alkanes of at least 4 members (excludes halogenated alkanes) is 1. The quantitative estimate of drug-likeness (QED) is 0.819. The number of hydrogen-bond acceptors (Lipinski definition) is 5. The van der Waals surface area contributed by atoms with E-state index < -0.39 is 0 Å². The molecule has 0 aliphatic heterocycles. The zero-order chi connectivity index (χ0) is 13.7. The number of aryl methyl sites for hydroxylation is 1. The Morgan fingerprint density at radius 1 is 1.21 bits per heavy atom. The maximum Gasteiger partial charge on any atom is 0.372 e. The molecule has 0 spiro atoms. The summed E-state index contributed by atoms with van der Waals surface area (Å²) < 4.78 is 2.51. The molecule has 0 saturated carbocycles. The first kappa shape index (κ1) is 13.4. The third-order valence-corrected chi connectivity index (χ3v) is 2.90. The number of rotatable bonds is 5. The van der Waals surface area contributed by atoms with Crippen molar-refractivity contribution in [2.75, 3.05) is 0 Å². The van der Waals surface area contributed by atoms with Gasteiger partial charge in [-0.2, -0.15) is 9.36 Å². The minimum absolute atomic E-state index is 0.335. The van der Waals surface area contributed by atoms with Crippen LogP contribution in [0.25, 0.3) is 0 Å². The van der Waals surface area contributed by atoms with Crippen LogP contribution in [0, 0.1) is 0 Å². The van der Waals surface area contributed by atoms with Gasteiger partial charge in [-0.15, -0.1) is 10.2 Å². The Morgan fingerprint density at radius 2 is 2.05 bits per heavy atom. The standard InChI is InChI=1S/C12H18N6O/c1-3-5-7-11-10(6-4-2)14-16-18(11)12(19)17-9-8-13-15-17/h8-9H,3-7H2,1-2H3. The second kappa shape index (κ2) is 6.21. The van der Waals surface area contributed by atoms with E-state index in [2.05, 4.69) is 34.5 Å². The van der Waals surface area contributed by atoms with E-state index in [1.807, 2.05) is 0 Å². The van der Waals surface area contributed by atoms with Crippen molar-refractivity contribution in [3.8, 4) is 0 Å². The lowest BCUT2D eigenvalue weighted by Crippen LogP contribution is -2.23. The first-order valence-electron chi connectivity index (χ1n) is 6.62. The van der Waals surface area contributed by atoms with E-state index in [1.165, 1.54) is 21.8 Å². The van der Waals surface area contributed by atoms with Gasteiger partial charge in [0.1, 0.15) is 0 Å². The highest BCUT2D eigenvalue weighted by Gasteiger charge is 2.18. The molecule has 0 unspecified atom stereocenters. The van der Waals surface area contributed by atoms with Gasteiger partial charge in [0.2, 0.25) is 0 Å². The molecule has 0 fully saturated rings. The Hall–Kier alpha value is -2.05. The van der Waals surface area contributed by atoms with E-state index in [0.29, 0.717) is 0 Å². The SMILES string of the molecule is CCCCc1c(CCC)nnn1C(=O)n1ccnn1. The first-order valence-corrected chi connectivity index (χ1v) is 6.62. The van der Waals surface area contributed by atoms with E-state index >= 15 is 0 Å². The molecular formula is C12H18N6O. The van der Waals surface area contributed by atoms with Crippen LogP contribution >= 0.6 is 0 Å². The lowest BCUT2D eigenvalue weighted by Gasteiger charge is -2.05. The molecule has 0 bridgehead atoms. The number of carbonyl (C=O) groups excluding carboxylic acids is 1. The van der Waals surface area contributed by atoms with Crippen molar-refractivity contribution in [2.45, 2.75) is 46.0 Å². The Kier molecular flexibility index (Phi) is 4.38. The molecule has 7 heteroatoms. The lowest BCUT2D eigenvalue weighted by molar-refractivity contribution is 0.236. The maximum absolute atomic E-state index is 12.2. The van der Waals surface area contributed by atoms with Crippen LogP contribution in [0.3, 0.4) is 0 Å². The summed E-state index contributed by atoms with van der Waals surface area (Å²) >= 11 is 0. The third-order valence-electron chi connectivity index (χ3n) is 2.90. The molecule has 0 amide bonds. The summed E-state index contributed by atoms with van der Waals surface area (Å²) in [6, 6.07) is -0.335. The predicted octanol–water partition coefficient (Wildman–Crippen LogP) is 1.68. The number of carbonyl (C=O) groups is 1. The molecule has 7 nitrogen and oxygen atoms in total. The molecule has 0 aliphatic rings. The van der Waals surface area contributed by atoms with Crippen LogP contribution in [0.4, 0.5) is 4.79 Å². The van der Waals surface area contributed by atoms with E-state index in [1.54, 1.807) is 0 Å². The van der Waals surface area contributed by atoms with Gasteiger partial charge in [-0.1, -0.05) is 37.1 Å². The van der Waals surface area contributed by atoms with Gasteiger partial charge < -0.3 is 0 Å². The average molecular weight is 262 g/mol. The van der Waals surface area contributed by atoms with Gasteiger partial charge in [-0.3, -0.25) is 0 Å². The normalized spacial score (nSPS) is 10.8. The zero-order valence-electron chi connectivity index (χ0n) is 11.3. The van der Waals surface area contributed by atoms with Gasteiger partial charge >= 0.3 is 6.03 Å². The van der Waals surface area contributed by atoms with Gasteiger partial charge in [-0.05, 0) is 19.3 Å². The second-order valence-corrected chi connectivity index (χ2v) is 4.38. The van der Waals surface area contributed by atoms with Crippen LogP contribution < -0.4 is 0 Å². The average Bonchev–Trinajstić information content (AvgIpc) is 3.06. The van der Waals surface area contributed by atoms with Crippen LogP contribution in [-0.4, -0.2) is 36.0 Å². The predicted molar refractivity (Wildman–Crippen MR) is 68.8 cm³/mol. The van der Waals surface area contributed by atoms with Crippen molar-refractivity contribution in [3.63, 3.8) is 0 Å². The van der Waals surface area contributed by atoms with Crippen molar-refractivity contribution < 1.29 is 4.79 Å². The molecule has 0 radical (unpaired) electrons. The van der Waals surface area contributed by atoms with E-state index in [0.717, 1.165) is 43.5 Å². The summed E-state index contributed by atoms with van der Waals surface area (Å²) in [4.78, 5) is 12.2. The molecule has 19 heavy (non-hydrogen) atoms. The summed E-state index contributed by atoms with van der Waals surface area (Å²) in [6.07, 6.45) is 7.67. The Balaban J connectivity index is 2.31. The lowest BCUT2D eigenvalue weighted by atomic mass is 10.1. The minimum Gasteiger partial charge on any atom is -0.243 e. The Bertz CT molecular complexity index is 530. The second-order valence-electron chi connectivity index (χ2n) is 4.38. The molecule has 0 atom stereocenters. The van der Waals surface area contributed by atoms with Crippen LogP contribution in [0.2, 0.25) is 0 Å². The summed E-state index contributed by atoms with van der Waals surface area (Å²) in [7, 11) is 0.